The van der Waals surface area contributed by atoms with E-state index < -0.39 is 0 Å². The quantitative estimate of drug-likeness (QED) is 0.659. The lowest BCUT2D eigenvalue weighted by atomic mass is 9.95. The van der Waals surface area contributed by atoms with Crippen LogP contribution in [0.4, 0.5) is 0 Å². The summed E-state index contributed by atoms with van der Waals surface area (Å²) in [5.74, 6) is 0. The van der Waals surface area contributed by atoms with Gasteiger partial charge >= 0.3 is 0 Å². The monoisotopic (exact) mass is 286 g/mol. The van der Waals surface area contributed by atoms with Gasteiger partial charge in [0.2, 0.25) is 0 Å². The Kier molecular flexibility index (Phi) is 3.28. The maximum atomic E-state index is 5.84. The summed E-state index contributed by atoms with van der Waals surface area (Å²) in [4.78, 5) is 0. The Morgan fingerprint density at radius 2 is 1.50 bits per heavy atom. The Hall–Kier alpha value is -2.38. The van der Waals surface area contributed by atoms with Crippen LogP contribution in [0.25, 0.3) is 11.1 Å². The van der Waals surface area contributed by atoms with E-state index >= 15 is 0 Å². The summed E-state index contributed by atoms with van der Waals surface area (Å²) < 4.78 is 5.84. The SMILES string of the molecule is COC1c2ccccc2-c2cccc(Cc3ccccc3)c21. The van der Waals surface area contributed by atoms with Gasteiger partial charge in [-0.05, 0) is 39.8 Å². The molecule has 108 valence electrons. The molecule has 22 heavy (non-hydrogen) atoms. The molecule has 1 heteroatoms. The standard InChI is InChI=1S/C21H18O/c1-22-21-19-12-6-5-11-17(19)18-13-7-10-16(20(18)21)14-15-8-3-2-4-9-15/h2-13,21H,14H2,1H3. The minimum atomic E-state index is 0.0473. The Morgan fingerprint density at radius 1 is 0.773 bits per heavy atom. The van der Waals surface area contributed by atoms with E-state index in [1.807, 2.05) is 0 Å². The van der Waals surface area contributed by atoms with Gasteiger partial charge in [-0.1, -0.05) is 72.8 Å². The van der Waals surface area contributed by atoms with Crippen LogP contribution >= 0.6 is 0 Å². The molecule has 1 aliphatic carbocycles. The van der Waals surface area contributed by atoms with Crippen molar-refractivity contribution in [2.45, 2.75) is 12.5 Å². The molecule has 0 spiro atoms. The largest absolute Gasteiger partial charge is 0.372 e. The molecule has 0 amide bonds. The van der Waals surface area contributed by atoms with Crippen molar-refractivity contribution in [2.24, 2.45) is 0 Å². The molecule has 0 N–H and O–H groups in total. The van der Waals surface area contributed by atoms with Crippen LogP contribution < -0.4 is 0 Å². The maximum absolute atomic E-state index is 5.84. The van der Waals surface area contributed by atoms with Crippen LogP contribution in [0.2, 0.25) is 0 Å². The Labute approximate surface area is 131 Å². The molecule has 0 bridgehead atoms. The van der Waals surface area contributed by atoms with E-state index in [1.54, 1.807) is 7.11 Å². The third kappa shape index (κ3) is 2.06. The molecule has 4 rings (SSSR count). The molecular formula is C21H18O. The van der Waals surface area contributed by atoms with Gasteiger partial charge in [0, 0.05) is 7.11 Å². The van der Waals surface area contributed by atoms with Crippen LogP contribution in [0.1, 0.15) is 28.4 Å². The number of rotatable bonds is 3. The normalized spacial score (nSPS) is 15.4. The summed E-state index contributed by atoms with van der Waals surface area (Å²) in [6.07, 6.45) is 0.990. The highest BCUT2D eigenvalue weighted by Gasteiger charge is 2.30. The van der Waals surface area contributed by atoms with Gasteiger partial charge in [0.25, 0.3) is 0 Å². The first-order chi connectivity index (χ1) is 10.9. The van der Waals surface area contributed by atoms with E-state index in [2.05, 4.69) is 72.8 Å². The zero-order valence-corrected chi connectivity index (χ0v) is 12.6. The molecule has 1 atom stereocenters. The molecular weight excluding hydrogens is 268 g/mol. The molecule has 0 heterocycles. The molecule has 1 unspecified atom stereocenters. The van der Waals surface area contributed by atoms with Gasteiger partial charge in [-0.3, -0.25) is 0 Å². The van der Waals surface area contributed by atoms with Crippen molar-refractivity contribution >= 4 is 0 Å². The van der Waals surface area contributed by atoms with Gasteiger partial charge in [-0.15, -0.1) is 0 Å². The highest BCUT2D eigenvalue weighted by molar-refractivity contribution is 5.79. The predicted octanol–water partition coefficient (Wildman–Crippen LogP) is 4.99. The molecule has 1 aliphatic rings. The first kappa shape index (κ1) is 13.3. The van der Waals surface area contributed by atoms with Crippen LogP contribution in [0.3, 0.4) is 0 Å². The van der Waals surface area contributed by atoms with Crippen molar-refractivity contribution in [1.29, 1.82) is 0 Å². The second kappa shape index (κ2) is 5.43. The minimum absolute atomic E-state index is 0.0473. The lowest BCUT2D eigenvalue weighted by Gasteiger charge is -2.16. The third-order valence-corrected chi connectivity index (χ3v) is 4.47. The lowest BCUT2D eigenvalue weighted by Crippen LogP contribution is -2.03. The molecule has 1 nitrogen and oxygen atoms in total. The third-order valence-electron chi connectivity index (χ3n) is 4.47. The smallest absolute Gasteiger partial charge is 0.109 e. The van der Waals surface area contributed by atoms with Crippen LogP contribution in [0.15, 0.2) is 72.8 Å². The topological polar surface area (TPSA) is 9.23 Å². The summed E-state index contributed by atoms with van der Waals surface area (Å²) >= 11 is 0. The van der Waals surface area contributed by atoms with Crippen LogP contribution in [-0.4, -0.2) is 7.11 Å². The number of benzene rings is 3. The lowest BCUT2D eigenvalue weighted by molar-refractivity contribution is 0.139. The van der Waals surface area contributed by atoms with E-state index in [0.717, 1.165) is 6.42 Å². The van der Waals surface area contributed by atoms with Crippen LogP contribution in [0, 0.1) is 0 Å². The van der Waals surface area contributed by atoms with Gasteiger partial charge in [-0.2, -0.15) is 0 Å². The highest BCUT2D eigenvalue weighted by atomic mass is 16.5. The van der Waals surface area contributed by atoms with Gasteiger partial charge < -0.3 is 4.74 Å². The second-order valence-electron chi connectivity index (χ2n) is 5.74. The first-order valence-corrected chi connectivity index (χ1v) is 7.66. The molecule has 3 aromatic rings. The number of fused-ring (bicyclic) bond motifs is 3. The summed E-state index contributed by atoms with van der Waals surface area (Å²) in [6, 6.07) is 25.8. The number of hydrogen-bond acceptors (Lipinski definition) is 1. The molecule has 0 radical (unpaired) electrons. The molecule has 0 fully saturated rings. The summed E-state index contributed by atoms with van der Waals surface area (Å²) in [5.41, 5.74) is 7.92. The molecule has 0 aromatic heterocycles. The minimum Gasteiger partial charge on any atom is -0.372 e. The molecule has 0 saturated carbocycles. The highest BCUT2D eigenvalue weighted by Crippen LogP contribution is 2.46. The molecule has 0 aliphatic heterocycles. The van der Waals surface area contributed by atoms with E-state index in [4.69, 9.17) is 4.74 Å². The maximum Gasteiger partial charge on any atom is 0.109 e. The summed E-state index contributed by atoms with van der Waals surface area (Å²) in [6.45, 7) is 0. The average molecular weight is 286 g/mol. The Bertz CT molecular complexity index is 805. The van der Waals surface area contributed by atoms with Crippen molar-refractivity contribution in [3.63, 3.8) is 0 Å². The van der Waals surface area contributed by atoms with Crippen LogP contribution in [0.5, 0.6) is 0 Å². The van der Waals surface area contributed by atoms with E-state index in [0.29, 0.717) is 0 Å². The zero-order chi connectivity index (χ0) is 14.9. The van der Waals surface area contributed by atoms with E-state index in [9.17, 15) is 0 Å². The number of ether oxygens (including phenoxy) is 1. The van der Waals surface area contributed by atoms with Gasteiger partial charge in [0.15, 0.2) is 0 Å². The van der Waals surface area contributed by atoms with Crippen LogP contribution in [-0.2, 0) is 11.2 Å². The van der Waals surface area contributed by atoms with Crippen molar-refractivity contribution in [2.75, 3.05) is 7.11 Å². The Balaban J connectivity index is 1.85. The van der Waals surface area contributed by atoms with Gasteiger partial charge in [0.05, 0.1) is 0 Å². The van der Waals surface area contributed by atoms with Crippen molar-refractivity contribution in [3.05, 3.63) is 95.1 Å². The zero-order valence-electron chi connectivity index (χ0n) is 12.6. The summed E-state index contributed by atoms with van der Waals surface area (Å²) in [5, 5.41) is 0. The predicted molar refractivity (Wildman–Crippen MR) is 90.0 cm³/mol. The van der Waals surface area contributed by atoms with Crippen molar-refractivity contribution in [1.82, 2.24) is 0 Å². The molecule has 3 aromatic carbocycles. The fraction of sp³-hybridized carbons (Fsp3) is 0.143. The van der Waals surface area contributed by atoms with Crippen molar-refractivity contribution < 1.29 is 4.74 Å². The second-order valence-corrected chi connectivity index (χ2v) is 5.74. The number of methoxy groups -OCH3 is 1. The fourth-order valence-corrected chi connectivity index (χ4v) is 3.50. The van der Waals surface area contributed by atoms with Gasteiger partial charge in [-0.25, -0.2) is 0 Å². The number of hydrogen-bond donors (Lipinski definition) is 0. The van der Waals surface area contributed by atoms with E-state index in [1.165, 1.54) is 33.4 Å². The van der Waals surface area contributed by atoms with E-state index in [-0.39, 0.29) is 6.10 Å². The fourth-order valence-electron chi connectivity index (χ4n) is 3.50. The Morgan fingerprint density at radius 3 is 2.32 bits per heavy atom. The average Bonchev–Trinajstić information content (AvgIpc) is 2.91. The summed E-state index contributed by atoms with van der Waals surface area (Å²) in [7, 11) is 1.80. The first-order valence-electron chi connectivity index (χ1n) is 7.66. The van der Waals surface area contributed by atoms with Gasteiger partial charge in [0.1, 0.15) is 6.10 Å². The van der Waals surface area contributed by atoms with Crippen molar-refractivity contribution in [3.8, 4) is 11.1 Å². The molecule has 0 saturated heterocycles.